The number of hydrogen-bond acceptors (Lipinski definition) is 6. The van der Waals surface area contributed by atoms with E-state index < -0.39 is 9.85 Å². The maximum Gasteiger partial charge on any atom is 0.292 e. The van der Waals surface area contributed by atoms with Gasteiger partial charge in [-0.15, -0.1) is 11.8 Å². The molecule has 0 unspecified atom stereocenters. The van der Waals surface area contributed by atoms with Crippen LogP contribution in [0.1, 0.15) is 5.56 Å². The van der Waals surface area contributed by atoms with Crippen LogP contribution in [0.25, 0.3) is 0 Å². The van der Waals surface area contributed by atoms with E-state index in [4.69, 9.17) is 5.73 Å². The zero-order valence-electron chi connectivity index (χ0n) is 10.8. The number of nitro groups is 2. The van der Waals surface area contributed by atoms with Crippen molar-refractivity contribution in [3.05, 3.63) is 68.3 Å². The molecule has 8 heteroatoms. The highest BCUT2D eigenvalue weighted by Gasteiger charge is 2.16. The van der Waals surface area contributed by atoms with Gasteiger partial charge in [0.15, 0.2) is 0 Å². The van der Waals surface area contributed by atoms with Crippen molar-refractivity contribution in [2.45, 2.75) is 10.6 Å². The molecule has 0 atom stereocenters. The molecule has 108 valence electrons. The summed E-state index contributed by atoms with van der Waals surface area (Å²) in [6.07, 6.45) is 0. The Kier molecular flexibility index (Phi) is 4.39. The lowest BCUT2D eigenvalue weighted by Crippen LogP contribution is -1.99. The normalized spacial score (nSPS) is 10.3. The summed E-state index contributed by atoms with van der Waals surface area (Å²) in [5.74, 6) is 0.318. The van der Waals surface area contributed by atoms with E-state index in [9.17, 15) is 20.2 Å². The van der Waals surface area contributed by atoms with Gasteiger partial charge in [0.2, 0.25) is 0 Å². The first-order valence-corrected chi connectivity index (χ1v) is 6.87. The SMILES string of the molecule is Nc1c(CSc2ccccc2[N+](=O)[O-])cccc1[N+](=O)[O-]. The van der Waals surface area contributed by atoms with Gasteiger partial charge in [-0.1, -0.05) is 24.3 Å². The number of nitrogen functional groups attached to an aromatic ring is 1. The van der Waals surface area contributed by atoms with Crippen molar-refractivity contribution in [1.29, 1.82) is 0 Å². The molecule has 0 fully saturated rings. The lowest BCUT2D eigenvalue weighted by Gasteiger charge is -2.06. The second-order valence-electron chi connectivity index (χ2n) is 4.12. The smallest absolute Gasteiger partial charge is 0.292 e. The Morgan fingerprint density at radius 3 is 2.24 bits per heavy atom. The van der Waals surface area contributed by atoms with E-state index in [0.717, 1.165) is 0 Å². The molecule has 2 rings (SSSR count). The third-order valence-corrected chi connectivity index (χ3v) is 3.93. The average molecular weight is 305 g/mol. The van der Waals surface area contributed by atoms with Gasteiger partial charge >= 0.3 is 0 Å². The summed E-state index contributed by atoms with van der Waals surface area (Å²) in [5, 5.41) is 21.7. The molecule has 0 aliphatic rings. The number of benzene rings is 2. The first kappa shape index (κ1) is 14.8. The van der Waals surface area contributed by atoms with Crippen LogP contribution >= 0.6 is 11.8 Å². The molecule has 0 saturated heterocycles. The molecule has 0 bridgehead atoms. The Morgan fingerprint density at radius 2 is 1.57 bits per heavy atom. The second kappa shape index (κ2) is 6.23. The highest BCUT2D eigenvalue weighted by molar-refractivity contribution is 7.98. The summed E-state index contributed by atoms with van der Waals surface area (Å²) in [6.45, 7) is 0. The first-order chi connectivity index (χ1) is 10.0. The monoisotopic (exact) mass is 305 g/mol. The Labute approximate surface area is 124 Å². The topological polar surface area (TPSA) is 112 Å². The van der Waals surface area contributed by atoms with Gasteiger partial charge in [-0.25, -0.2) is 0 Å². The number of hydrogen-bond donors (Lipinski definition) is 1. The summed E-state index contributed by atoms with van der Waals surface area (Å²) in [6, 6.07) is 10.9. The van der Waals surface area contributed by atoms with Crippen LogP contribution in [0, 0.1) is 20.2 Å². The molecule has 0 amide bonds. The molecule has 0 saturated carbocycles. The van der Waals surface area contributed by atoms with Gasteiger partial charge in [-0.3, -0.25) is 20.2 Å². The van der Waals surface area contributed by atoms with E-state index in [1.165, 1.54) is 23.9 Å². The summed E-state index contributed by atoms with van der Waals surface area (Å²) < 4.78 is 0. The van der Waals surface area contributed by atoms with Gasteiger partial charge in [0.05, 0.1) is 14.7 Å². The number of nitrogens with zero attached hydrogens (tertiary/aromatic N) is 2. The van der Waals surface area contributed by atoms with E-state index in [1.54, 1.807) is 30.3 Å². The minimum Gasteiger partial charge on any atom is -0.393 e. The van der Waals surface area contributed by atoms with Crippen molar-refractivity contribution < 1.29 is 9.85 Å². The Bertz CT molecular complexity index is 706. The fraction of sp³-hybridized carbons (Fsp3) is 0.0769. The first-order valence-electron chi connectivity index (χ1n) is 5.88. The number of thioether (sulfide) groups is 1. The van der Waals surface area contributed by atoms with Crippen LogP contribution in [-0.2, 0) is 5.75 Å². The standard InChI is InChI=1S/C13H11N3O4S/c14-13-9(4-3-6-11(13)16(19)20)8-21-12-7-2-1-5-10(12)15(17)18/h1-7H,8,14H2. The third-order valence-electron chi connectivity index (χ3n) is 2.82. The molecule has 2 aromatic carbocycles. The molecule has 0 radical (unpaired) electrons. The van der Waals surface area contributed by atoms with E-state index >= 15 is 0 Å². The van der Waals surface area contributed by atoms with Crippen LogP contribution < -0.4 is 5.73 Å². The van der Waals surface area contributed by atoms with Crippen molar-refractivity contribution in [1.82, 2.24) is 0 Å². The van der Waals surface area contributed by atoms with Crippen molar-refractivity contribution >= 4 is 28.8 Å². The van der Waals surface area contributed by atoms with Crippen LogP contribution in [-0.4, -0.2) is 9.85 Å². The molecule has 7 nitrogen and oxygen atoms in total. The van der Waals surface area contributed by atoms with E-state index in [-0.39, 0.29) is 17.1 Å². The Balaban J connectivity index is 2.23. The number of anilines is 1. The average Bonchev–Trinajstić information content (AvgIpc) is 2.46. The fourth-order valence-electron chi connectivity index (χ4n) is 1.77. The largest absolute Gasteiger partial charge is 0.393 e. The van der Waals surface area contributed by atoms with Gasteiger partial charge in [-0.05, 0) is 11.6 Å². The van der Waals surface area contributed by atoms with Crippen LogP contribution in [0.2, 0.25) is 0 Å². The van der Waals surface area contributed by atoms with Gasteiger partial charge in [0.25, 0.3) is 11.4 Å². The predicted octanol–water partition coefficient (Wildman–Crippen LogP) is 3.38. The lowest BCUT2D eigenvalue weighted by molar-refractivity contribution is -0.387. The van der Waals surface area contributed by atoms with Crippen molar-refractivity contribution in [3.63, 3.8) is 0 Å². The van der Waals surface area contributed by atoms with Crippen LogP contribution in [0.4, 0.5) is 17.1 Å². The molecule has 2 aromatic rings. The van der Waals surface area contributed by atoms with Crippen molar-refractivity contribution in [2.24, 2.45) is 0 Å². The number of rotatable bonds is 5. The number of nitrogens with two attached hydrogens (primary N) is 1. The predicted molar refractivity (Wildman–Crippen MR) is 80.2 cm³/mol. The minimum absolute atomic E-state index is 0.00602. The molecule has 0 aliphatic carbocycles. The Hall–Kier alpha value is -2.61. The Morgan fingerprint density at radius 1 is 0.952 bits per heavy atom. The van der Waals surface area contributed by atoms with E-state index in [2.05, 4.69) is 0 Å². The molecular formula is C13H11N3O4S. The third kappa shape index (κ3) is 3.29. The van der Waals surface area contributed by atoms with Gasteiger partial charge in [-0.2, -0.15) is 0 Å². The van der Waals surface area contributed by atoms with Gasteiger partial charge < -0.3 is 5.73 Å². The highest BCUT2D eigenvalue weighted by Crippen LogP contribution is 2.34. The maximum absolute atomic E-state index is 10.9. The maximum atomic E-state index is 10.9. The van der Waals surface area contributed by atoms with E-state index in [0.29, 0.717) is 16.2 Å². The van der Waals surface area contributed by atoms with Crippen LogP contribution in [0.15, 0.2) is 47.4 Å². The zero-order valence-corrected chi connectivity index (χ0v) is 11.6. The summed E-state index contributed by atoms with van der Waals surface area (Å²) in [5.41, 5.74) is 6.27. The second-order valence-corrected chi connectivity index (χ2v) is 5.14. The molecule has 0 aromatic heterocycles. The van der Waals surface area contributed by atoms with Crippen LogP contribution in [0.5, 0.6) is 0 Å². The lowest BCUT2D eigenvalue weighted by atomic mass is 10.2. The number of para-hydroxylation sites is 2. The molecule has 0 spiro atoms. The number of nitro benzene ring substituents is 2. The summed E-state index contributed by atoms with van der Waals surface area (Å²) in [7, 11) is 0. The zero-order chi connectivity index (χ0) is 15.4. The molecule has 0 aliphatic heterocycles. The quantitative estimate of drug-likeness (QED) is 0.392. The van der Waals surface area contributed by atoms with Crippen LogP contribution in [0.3, 0.4) is 0 Å². The minimum atomic E-state index is -0.547. The summed E-state index contributed by atoms with van der Waals surface area (Å²) in [4.78, 5) is 21.2. The fourth-order valence-corrected chi connectivity index (χ4v) is 2.80. The van der Waals surface area contributed by atoms with Crippen molar-refractivity contribution in [3.8, 4) is 0 Å². The van der Waals surface area contributed by atoms with Crippen molar-refractivity contribution in [2.75, 3.05) is 5.73 Å². The highest BCUT2D eigenvalue weighted by atomic mass is 32.2. The summed E-state index contributed by atoms with van der Waals surface area (Å²) >= 11 is 1.22. The molecule has 0 heterocycles. The molecule has 2 N–H and O–H groups in total. The van der Waals surface area contributed by atoms with E-state index in [1.807, 2.05) is 0 Å². The van der Waals surface area contributed by atoms with Gasteiger partial charge in [0.1, 0.15) is 5.69 Å². The van der Waals surface area contributed by atoms with Gasteiger partial charge in [0, 0.05) is 17.9 Å². The molecular weight excluding hydrogens is 294 g/mol. The molecule has 21 heavy (non-hydrogen) atoms.